The number of carbonyl (C=O) groups is 1. The lowest BCUT2D eigenvalue weighted by Crippen LogP contribution is -2.18. The molecule has 0 unspecified atom stereocenters. The van der Waals surface area contributed by atoms with Crippen molar-refractivity contribution in [3.63, 3.8) is 0 Å². The molecule has 0 atom stereocenters. The van der Waals surface area contributed by atoms with Crippen LogP contribution in [0.1, 0.15) is 31.2 Å². The minimum absolute atomic E-state index is 0.275. The number of thiazole rings is 1. The van der Waals surface area contributed by atoms with Crippen LogP contribution in [-0.2, 0) is 6.61 Å². The van der Waals surface area contributed by atoms with Crippen LogP contribution < -0.4 is 10.2 Å². The van der Waals surface area contributed by atoms with Gasteiger partial charge in [-0.1, -0.05) is 41.4 Å². The van der Waals surface area contributed by atoms with Crippen LogP contribution in [0.25, 0.3) is 0 Å². The van der Waals surface area contributed by atoms with Crippen LogP contribution in [0.4, 0.5) is 0 Å². The first kappa shape index (κ1) is 22.5. The molecule has 2 aromatic carbocycles. The van der Waals surface area contributed by atoms with E-state index in [1.54, 1.807) is 23.6 Å². The van der Waals surface area contributed by atoms with E-state index in [-0.39, 0.29) is 5.69 Å². The van der Waals surface area contributed by atoms with E-state index in [1.165, 1.54) is 34.6 Å². The Morgan fingerprint density at radius 2 is 1.87 bits per heavy atom. The van der Waals surface area contributed by atoms with Crippen LogP contribution in [-0.4, -0.2) is 28.6 Å². The monoisotopic (exact) mass is 509 g/mol. The van der Waals surface area contributed by atoms with Gasteiger partial charge in [-0.25, -0.2) is 10.4 Å². The third-order valence-corrected chi connectivity index (χ3v) is 8.87. The van der Waals surface area contributed by atoms with E-state index in [0.29, 0.717) is 31.8 Å². The lowest BCUT2D eigenvalue weighted by Gasteiger charge is -2.09. The molecule has 160 valence electrons. The highest BCUT2D eigenvalue weighted by molar-refractivity contribution is 8.19. The van der Waals surface area contributed by atoms with E-state index in [4.69, 9.17) is 27.9 Å². The van der Waals surface area contributed by atoms with E-state index in [9.17, 15) is 4.79 Å². The minimum atomic E-state index is -0.419. The minimum Gasteiger partial charge on any atom is -0.486 e. The Morgan fingerprint density at radius 1 is 1.16 bits per heavy atom. The summed E-state index contributed by atoms with van der Waals surface area (Å²) >= 11 is 17.5. The summed E-state index contributed by atoms with van der Waals surface area (Å²) in [5.41, 5.74) is 4.56. The number of hydrazone groups is 1. The van der Waals surface area contributed by atoms with Gasteiger partial charge < -0.3 is 4.74 Å². The molecule has 1 fully saturated rings. The van der Waals surface area contributed by atoms with Gasteiger partial charge in [-0.05, 0) is 29.8 Å². The van der Waals surface area contributed by atoms with Gasteiger partial charge in [0, 0.05) is 22.4 Å². The molecule has 1 amide bonds. The first-order valence-corrected chi connectivity index (χ1v) is 13.0. The van der Waals surface area contributed by atoms with Crippen molar-refractivity contribution in [1.82, 2.24) is 10.4 Å². The molecule has 0 bridgehead atoms. The maximum Gasteiger partial charge on any atom is 0.290 e. The fourth-order valence-corrected chi connectivity index (χ4v) is 6.79. The Hall–Kier alpha value is -1.71. The van der Waals surface area contributed by atoms with Crippen molar-refractivity contribution in [2.24, 2.45) is 5.10 Å². The molecule has 0 saturated carbocycles. The molecule has 1 aliphatic heterocycles. The van der Waals surface area contributed by atoms with Crippen LogP contribution in [0, 0.1) is 0 Å². The number of aromatic nitrogens is 1. The van der Waals surface area contributed by atoms with Gasteiger partial charge in [0.2, 0.25) is 0 Å². The molecule has 1 aliphatic rings. The smallest absolute Gasteiger partial charge is 0.290 e. The standard InChI is InChI=1S/C21H17Cl2N3O2S3/c22-16-2-1-3-17(23)15(16)10-24-26-20(27)18-12-31-19(25-18)11-28-14-6-4-13(5-7-14)21-29-8-9-30-21/h1-7,10,12,21H,8-9,11H2,(H,26,27). The molecule has 0 spiro atoms. The highest BCUT2D eigenvalue weighted by atomic mass is 35.5. The van der Waals surface area contributed by atoms with E-state index in [2.05, 4.69) is 27.6 Å². The van der Waals surface area contributed by atoms with Gasteiger partial charge in [0.25, 0.3) is 5.91 Å². The Balaban J connectivity index is 1.29. The number of carbonyl (C=O) groups excluding carboxylic acids is 1. The van der Waals surface area contributed by atoms with Crippen LogP contribution in [0.5, 0.6) is 5.75 Å². The summed E-state index contributed by atoms with van der Waals surface area (Å²) in [6.45, 7) is 0.294. The summed E-state index contributed by atoms with van der Waals surface area (Å²) in [6.07, 6.45) is 1.41. The second-order valence-corrected chi connectivity index (χ2v) is 10.9. The van der Waals surface area contributed by atoms with Gasteiger partial charge in [0.05, 0.1) is 20.8 Å². The Kier molecular flexibility index (Phi) is 7.79. The van der Waals surface area contributed by atoms with Gasteiger partial charge in [-0.3, -0.25) is 4.79 Å². The van der Waals surface area contributed by atoms with E-state index < -0.39 is 5.91 Å². The highest BCUT2D eigenvalue weighted by Gasteiger charge is 2.18. The highest BCUT2D eigenvalue weighted by Crippen LogP contribution is 2.45. The maximum absolute atomic E-state index is 12.3. The van der Waals surface area contributed by atoms with Crippen molar-refractivity contribution >= 4 is 70.2 Å². The van der Waals surface area contributed by atoms with E-state index >= 15 is 0 Å². The maximum atomic E-state index is 12.3. The zero-order valence-corrected chi connectivity index (χ0v) is 20.0. The molecule has 1 N–H and O–H groups in total. The molecule has 3 aromatic rings. The van der Waals surface area contributed by atoms with Crippen molar-refractivity contribution < 1.29 is 9.53 Å². The first-order chi connectivity index (χ1) is 15.1. The molecule has 2 heterocycles. The molecule has 0 aliphatic carbocycles. The Morgan fingerprint density at radius 3 is 2.58 bits per heavy atom. The SMILES string of the molecule is O=C(NN=Cc1c(Cl)cccc1Cl)c1csc(COc2ccc(C3SCCS3)cc2)n1. The summed E-state index contributed by atoms with van der Waals surface area (Å²) in [6, 6.07) is 13.3. The number of halogens is 2. The molecular weight excluding hydrogens is 493 g/mol. The van der Waals surface area contributed by atoms with Crippen molar-refractivity contribution in [3.05, 3.63) is 79.7 Å². The Bertz CT molecular complexity index is 1060. The quantitative estimate of drug-likeness (QED) is 0.300. The van der Waals surface area contributed by atoms with Gasteiger partial charge >= 0.3 is 0 Å². The fraction of sp³-hybridized carbons (Fsp3) is 0.190. The average Bonchev–Trinajstić information content (AvgIpc) is 3.47. The number of rotatable bonds is 7. The summed E-state index contributed by atoms with van der Waals surface area (Å²) in [5, 5.41) is 7.20. The lowest BCUT2D eigenvalue weighted by atomic mass is 10.2. The van der Waals surface area contributed by atoms with Gasteiger partial charge in [0.1, 0.15) is 23.1 Å². The largest absolute Gasteiger partial charge is 0.486 e. The average molecular weight is 510 g/mol. The molecule has 1 aromatic heterocycles. The molecule has 0 radical (unpaired) electrons. The zero-order chi connectivity index (χ0) is 21.6. The molecular formula is C21H17Cl2N3O2S3. The number of ether oxygens (including phenoxy) is 1. The number of benzene rings is 2. The normalized spacial score (nSPS) is 14.3. The van der Waals surface area contributed by atoms with Crippen LogP contribution >= 0.6 is 58.1 Å². The summed E-state index contributed by atoms with van der Waals surface area (Å²) in [7, 11) is 0. The first-order valence-electron chi connectivity index (χ1n) is 9.28. The number of amides is 1. The number of nitrogens with one attached hydrogen (secondary N) is 1. The molecule has 4 rings (SSSR count). The Labute approximate surface area is 202 Å². The van der Waals surface area contributed by atoms with Gasteiger partial charge in [-0.15, -0.1) is 34.9 Å². The predicted molar refractivity (Wildman–Crippen MR) is 132 cm³/mol. The second kappa shape index (κ2) is 10.7. The van der Waals surface area contributed by atoms with Gasteiger partial charge in [-0.2, -0.15) is 5.10 Å². The number of thioether (sulfide) groups is 2. The number of nitrogens with zero attached hydrogens (tertiary/aromatic N) is 2. The summed E-state index contributed by atoms with van der Waals surface area (Å²) < 4.78 is 6.33. The summed E-state index contributed by atoms with van der Waals surface area (Å²) in [4.78, 5) is 16.6. The second-order valence-electron chi connectivity index (χ2n) is 6.39. The lowest BCUT2D eigenvalue weighted by molar-refractivity contribution is 0.0950. The number of hydrogen-bond donors (Lipinski definition) is 1. The van der Waals surface area contributed by atoms with Crippen molar-refractivity contribution in [2.45, 2.75) is 11.2 Å². The van der Waals surface area contributed by atoms with E-state index in [0.717, 1.165) is 5.75 Å². The zero-order valence-electron chi connectivity index (χ0n) is 16.1. The van der Waals surface area contributed by atoms with Crippen molar-refractivity contribution in [3.8, 4) is 5.75 Å². The predicted octanol–water partition coefficient (Wildman–Crippen LogP) is 6.27. The molecule has 5 nitrogen and oxygen atoms in total. The van der Waals surface area contributed by atoms with Crippen LogP contribution in [0.2, 0.25) is 10.0 Å². The fourth-order valence-electron chi connectivity index (χ4n) is 2.75. The van der Waals surface area contributed by atoms with Gasteiger partial charge in [0.15, 0.2) is 0 Å². The molecule has 1 saturated heterocycles. The topological polar surface area (TPSA) is 63.6 Å². The third-order valence-electron chi connectivity index (χ3n) is 4.28. The number of hydrogen-bond acceptors (Lipinski definition) is 7. The molecule has 10 heteroatoms. The van der Waals surface area contributed by atoms with Crippen molar-refractivity contribution in [2.75, 3.05) is 11.5 Å². The third kappa shape index (κ3) is 5.96. The molecule has 31 heavy (non-hydrogen) atoms. The van der Waals surface area contributed by atoms with Crippen molar-refractivity contribution in [1.29, 1.82) is 0 Å². The summed E-state index contributed by atoms with van der Waals surface area (Å²) in [5.74, 6) is 2.76. The van der Waals surface area contributed by atoms with Crippen LogP contribution in [0.3, 0.4) is 0 Å². The van der Waals surface area contributed by atoms with E-state index in [1.807, 2.05) is 35.7 Å². The van der Waals surface area contributed by atoms with Crippen LogP contribution in [0.15, 0.2) is 52.9 Å².